The van der Waals surface area contributed by atoms with Gasteiger partial charge in [-0.15, -0.1) is 0 Å². The molecular weight excluding hydrogens is 280 g/mol. The maximum absolute atomic E-state index is 12.4. The lowest BCUT2D eigenvalue weighted by atomic mass is 10.1. The van der Waals surface area contributed by atoms with Gasteiger partial charge in [0.15, 0.2) is 9.84 Å². The van der Waals surface area contributed by atoms with Crippen LogP contribution in [0.3, 0.4) is 0 Å². The smallest absolute Gasteiger partial charge is 0.254 e. The zero-order valence-electron chi connectivity index (χ0n) is 11.3. The largest absolute Gasteiger partial charge is 0.353 e. The lowest BCUT2D eigenvalue weighted by Gasteiger charge is -2.32. The summed E-state index contributed by atoms with van der Waals surface area (Å²) in [6.07, 6.45) is 1.09. The monoisotopic (exact) mass is 296 g/mol. The third kappa shape index (κ3) is 2.82. The summed E-state index contributed by atoms with van der Waals surface area (Å²) >= 11 is 0. The van der Waals surface area contributed by atoms with Crippen LogP contribution >= 0.6 is 0 Å². The second-order valence-corrected chi connectivity index (χ2v) is 6.78. The molecule has 20 heavy (non-hydrogen) atoms. The molecule has 0 saturated carbocycles. The number of carbonyl (C=O) groups excluding carboxylic acids is 2. The average Bonchev–Trinajstić information content (AvgIpc) is 2.40. The minimum Gasteiger partial charge on any atom is -0.353 e. The van der Waals surface area contributed by atoms with E-state index in [1.54, 1.807) is 13.0 Å². The molecule has 1 aromatic rings. The zero-order chi connectivity index (χ0) is 14.9. The fourth-order valence-corrected chi connectivity index (χ4v) is 2.75. The molecule has 1 heterocycles. The molecule has 0 aliphatic carbocycles. The third-order valence-corrected chi connectivity index (χ3v) is 4.38. The van der Waals surface area contributed by atoms with Crippen LogP contribution in [0.15, 0.2) is 29.2 Å². The van der Waals surface area contributed by atoms with Crippen LogP contribution in [0.5, 0.6) is 0 Å². The van der Waals surface area contributed by atoms with Crippen molar-refractivity contribution in [1.82, 2.24) is 10.2 Å². The Morgan fingerprint density at radius 2 is 2.10 bits per heavy atom. The van der Waals surface area contributed by atoms with Gasteiger partial charge in [0.05, 0.1) is 4.90 Å². The van der Waals surface area contributed by atoms with Gasteiger partial charge in [-0.05, 0) is 25.1 Å². The van der Waals surface area contributed by atoms with Gasteiger partial charge < -0.3 is 10.2 Å². The molecule has 0 bridgehead atoms. The molecule has 0 aromatic heterocycles. The Morgan fingerprint density at radius 3 is 2.75 bits per heavy atom. The highest BCUT2D eigenvalue weighted by Gasteiger charge is 2.30. The molecule has 6 nitrogen and oxygen atoms in total. The van der Waals surface area contributed by atoms with E-state index in [4.69, 9.17) is 0 Å². The Kier molecular flexibility index (Phi) is 3.80. The van der Waals surface area contributed by atoms with Crippen LogP contribution in [-0.4, -0.2) is 50.5 Å². The molecule has 1 saturated heterocycles. The summed E-state index contributed by atoms with van der Waals surface area (Å²) in [6.45, 7) is 2.46. The second kappa shape index (κ2) is 5.24. The van der Waals surface area contributed by atoms with E-state index in [0.717, 1.165) is 6.26 Å². The number of sulfone groups is 1. The summed E-state index contributed by atoms with van der Waals surface area (Å²) in [7, 11) is -3.36. The van der Waals surface area contributed by atoms with Crippen LogP contribution in [0.4, 0.5) is 0 Å². The van der Waals surface area contributed by atoms with E-state index in [2.05, 4.69) is 5.32 Å². The standard InChI is InChI=1S/C13H16N2O4S/c1-9-12(16)14-6-7-15(9)13(17)10-4-3-5-11(8-10)20(2,18)19/h3-5,8-9H,6-7H2,1-2H3,(H,14,16). The quantitative estimate of drug-likeness (QED) is 0.836. The summed E-state index contributed by atoms with van der Waals surface area (Å²) < 4.78 is 23.0. The Labute approximate surface area is 117 Å². The molecule has 2 amide bonds. The molecule has 0 spiro atoms. The Morgan fingerprint density at radius 1 is 1.40 bits per heavy atom. The first kappa shape index (κ1) is 14.5. The highest BCUT2D eigenvalue weighted by Crippen LogP contribution is 2.15. The van der Waals surface area contributed by atoms with Gasteiger partial charge in [0, 0.05) is 24.9 Å². The van der Waals surface area contributed by atoms with E-state index in [0.29, 0.717) is 13.1 Å². The van der Waals surface area contributed by atoms with Gasteiger partial charge in [0.2, 0.25) is 5.91 Å². The lowest BCUT2D eigenvalue weighted by Crippen LogP contribution is -2.55. The van der Waals surface area contributed by atoms with Gasteiger partial charge in [0.1, 0.15) is 6.04 Å². The first-order chi connectivity index (χ1) is 9.30. The second-order valence-electron chi connectivity index (χ2n) is 4.77. The minimum absolute atomic E-state index is 0.0949. The predicted molar refractivity (Wildman–Crippen MR) is 73.1 cm³/mol. The number of hydrogen-bond donors (Lipinski definition) is 1. The van der Waals surface area contributed by atoms with Gasteiger partial charge in [0.25, 0.3) is 5.91 Å². The van der Waals surface area contributed by atoms with Gasteiger partial charge in [-0.25, -0.2) is 8.42 Å². The topological polar surface area (TPSA) is 83.6 Å². The summed E-state index contributed by atoms with van der Waals surface area (Å²) in [5.41, 5.74) is 0.273. The minimum atomic E-state index is -3.36. The molecule has 1 N–H and O–H groups in total. The van der Waals surface area contributed by atoms with Crippen molar-refractivity contribution in [3.63, 3.8) is 0 Å². The molecule has 1 fully saturated rings. The fourth-order valence-electron chi connectivity index (χ4n) is 2.09. The van der Waals surface area contributed by atoms with Crippen LogP contribution in [-0.2, 0) is 14.6 Å². The number of carbonyl (C=O) groups is 2. The molecular formula is C13H16N2O4S. The van der Waals surface area contributed by atoms with Crippen molar-refractivity contribution >= 4 is 21.7 Å². The molecule has 2 rings (SSSR count). The summed E-state index contributed by atoms with van der Waals surface area (Å²) in [5.74, 6) is -0.540. The number of nitrogens with zero attached hydrogens (tertiary/aromatic N) is 1. The maximum atomic E-state index is 12.4. The van der Waals surface area contributed by atoms with Crippen molar-refractivity contribution in [1.29, 1.82) is 0 Å². The third-order valence-electron chi connectivity index (χ3n) is 3.27. The van der Waals surface area contributed by atoms with E-state index >= 15 is 0 Å². The van der Waals surface area contributed by atoms with Crippen molar-refractivity contribution in [2.24, 2.45) is 0 Å². The van der Waals surface area contributed by atoms with Crippen molar-refractivity contribution < 1.29 is 18.0 Å². The van der Waals surface area contributed by atoms with Crippen LogP contribution in [0, 0.1) is 0 Å². The molecule has 1 aliphatic rings. The van der Waals surface area contributed by atoms with E-state index in [1.807, 2.05) is 0 Å². The Balaban J connectivity index is 2.32. The number of nitrogens with one attached hydrogen (secondary N) is 1. The van der Waals surface area contributed by atoms with Crippen molar-refractivity contribution in [3.05, 3.63) is 29.8 Å². The Hall–Kier alpha value is -1.89. The molecule has 1 unspecified atom stereocenters. The lowest BCUT2D eigenvalue weighted by molar-refractivity contribution is -0.127. The van der Waals surface area contributed by atoms with Crippen LogP contribution in [0.1, 0.15) is 17.3 Å². The molecule has 0 radical (unpaired) electrons. The maximum Gasteiger partial charge on any atom is 0.254 e. The molecule has 1 aromatic carbocycles. The molecule has 7 heteroatoms. The zero-order valence-corrected chi connectivity index (χ0v) is 12.1. The van der Waals surface area contributed by atoms with Crippen LogP contribution < -0.4 is 5.32 Å². The Bertz CT molecular complexity index is 654. The number of hydrogen-bond acceptors (Lipinski definition) is 4. The van der Waals surface area contributed by atoms with E-state index < -0.39 is 15.9 Å². The van der Waals surface area contributed by atoms with Crippen LogP contribution in [0.2, 0.25) is 0 Å². The van der Waals surface area contributed by atoms with Gasteiger partial charge in [-0.1, -0.05) is 6.07 Å². The van der Waals surface area contributed by atoms with E-state index in [1.165, 1.54) is 23.1 Å². The molecule has 1 aliphatic heterocycles. The van der Waals surface area contributed by atoms with Gasteiger partial charge in [-0.2, -0.15) is 0 Å². The van der Waals surface area contributed by atoms with E-state index in [9.17, 15) is 18.0 Å². The van der Waals surface area contributed by atoms with Crippen molar-refractivity contribution in [3.8, 4) is 0 Å². The fraction of sp³-hybridized carbons (Fsp3) is 0.385. The predicted octanol–water partition coefficient (Wildman–Crippen LogP) is 0.0506. The first-order valence-electron chi connectivity index (χ1n) is 6.19. The number of benzene rings is 1. The highest BCUT2D eigenvalue weighted by atomic mass is 32.2. The number of amides is 2. The van der Waals surface area contributed by atoms with Crippen molar-refractivity contribution in [2.45, 2.75) is 17.9 Å². The number of rotatable bonds is 2. The highest BCUT2D eigenvalue weighted by molar-refractivity contribution is 7.90. The summed E-state index contributed by atoms with van der Waals surface area (Å²) in [5, 5.41) is 2.68. The summed E-state index contributed by atoms with van der Waals surface area (Å²) in [6, 6.07) is 5.31. The van der Waals surface area contributed by atoms with Crippen molar-refractivity contribution in [2.75, 3.05) is 19.3 Å². The first-order valence-corrected chi connectivity index (χ1v) is 8.08. The number of piperazine rings is 1. The SMILES string of the molecule is CC1C(=O)NCCN1C(=O)c1cccc(S(C)(=O)=O)c1. The van der Waals surface area contributed by atoms with E-state index in [-0.39, 0.29) is 22.3 Å². The molecule has 108 valence electrons. The van der Waals surface area contributed by atoms with Gasteiger partial charge in [-0.3, -0.25) is 9.59 Å². The van der Waals surface area contributed by atoms with Crippen LogP contribution in [0.25, 0.3) is 0 Å². The normalized spacial score (nSPS) is 19.6. The van der Waals surface area contributed by atoms with Gasteiger partial charge >= 0.3 is 0 Å². The molecule has 1 atom stereocenters. The average molecular weight is 296 g/mol. The summed E-state index contributed by atoms with van der Waals surface area (Å²) in [4.78, 5) is 25.5.